The molecule has 0 bridgehead atoms. The summed E-state index contributed by atoms with van der Waals surface area (Å²) in [4.78, 5) is 11.7. The molecule has 0 unspecified atom stereocenters. The van der Waals surface area contributed by atoms with Crippen molar-refractivity contribution in [1.82, 2.24) is 4.57 Å². The smallest absolute Gasteiger partial charge is 0.253 e. The van der Waals surface area contributed by atoms with E-state index in [1.165, 1.54) is 6.07 Å². The molecule has 2 aromatic rings. The Morgan fingerprint density at radius 2 is 2.00 bits per heavy atom. The van der Waals surface area contributed by atoms with Gasteiger partial charge in [0.25, 0.3) is 5.56 Å². The quantitative estimate of drug-likeness (QED) is 0.898. The molecule has 1 N–H and O–H groups in total. The molecule has 0 amide bonds. The van der Waals surface area contributed by atoms with Gasteiger partial charge in [-0.25, -0.2) is 4.39 Å². The van der Waals surface area contributed by atoms with Crippen LogP contribution in [0.15, 0.2) is 47.4 Å². The molecule has 0 atom stereocenters. The van der Waals surface area contributed by atoms with Crippen molar-refractivity contribution in [3.05, 3.63) is 64.3 Å². The summed E-state index contributed by atoms with van der Waals surface area (Å²) in [6.45, 7) is 2.79. The molecule has 1 aromatic heterocycles. The molecule has 0 aliphatic carbocycles. The third kappa shape index (κ3) is 2.77. The lowest BCUT2D eigenvalue weighted by Crippen LogP contribution is -2.24. The lowest BCUT2D eigenvalue weighted by Gasteiger charge is -2.09. The molecule has 0 saturated heterocycles. The van der Waals surface area contributed by atoms with Crippen LogP contribution in [0.2, 0.25) is 0 Å². The first-order chi connectivity index (χ1) is 8.68. The summed E-state index contributed by atoms with van der Waals surface area (Å²) in [7, 11) is 0. The summed E-state index contributed by atoms with van der Waals surface area (Å²) in [6.07, 6.45) is 1.73. The number of halogens is 1. The number of pyridine rings is 1. The zero-order valence-corrected chi connectivity index (χ0v) is 10.2. The van der Waals surface area contributed by atoms with Gasteiger partial charge in [0.1, 0.15) is 5.82 Å². The standard InChI is InChI=1S/C14H15FN2O/c1-11-5-4-9-17(14(11)18)10-8-16-13-7-3-2-6-12(13)15/h2-7,9,16H,8,10H2,1H3. The molecule has 0 aliphatic heterocycles. The fourth-order valence-corrected chi connectivity index (χ4v) is 1.75. The van der Waals surface area contributed by atoms with Gasteiger partial charge in [0.05, 0.1) is 5.69 Å². The van der Waals surface area contributed by atoms with Crippen molar-refractivity contribution in [2.75, 3.05) is 11.9 Å². The third-order valence-electron chi connectivity index (χ3n) is 2.75. The molecule has 0 fully saturated rings. The number of para-hydroxylation sites is 1. The first-order valence-electron chi connectivity index (χ1n) is 5.83. The van der Waals surface area contributed by atoms with Gasteiger partial charge in [-0.05, 0) is 25.1 Å². The van der Waals surface area contributed by atoms with E-state index in [2.05, 4.69) is 5.32 Å². The maximum absolute atomic E-state index is 13.3. The highest BCUT2D eigenvalue weighted by Gasteiger charge is 2.00. The summed E-state index contributed by atoms with van der Waals surface area (Å²) >= 11 is 0. The highest BCUT2D eigenvalue weighted by Crippen LogP contribution is 2.11. The van der Waals surface area contributed by atoms with Gasteiger partial charge >= 0.3 is 0 Å². The second kappa shape index (κ2) is 5.49. The van der Waals surface area contributed by atoms with Gasteiger partial charge < -0.3 is 9.88 Å². The van der Waals surface area contributed by atoms with Crippen LogP contribution in [-0.4, -0.2) is 11.1 Å². The maximum Gasteiger partial charge on any atom is 0.253 e. The van der Waals surface area contributed by atoms with E-state index in [4.69, 9.17) is 0 Å². The Bertz CT molecular complexity index is 592. The van der Waals surface area contributed by atoms with Gasteiger partial charge in [-0.2, -0.15) is 0 Å². The SMILES string of the molecule is Cc1cccn(CCNc2ccccc2F)c1=O. The fourth-order valence-electron chi connectivity index (χ4n) is 1.75. The fraction of sp³-hybridized carbons (Fsp3) is 0.214. The van der Waals surface area contributed by atoms with E-state index in [1.807, 2.05) is 6.07 Å². The minimum atomic E-state index is -0.283. The molecular formula is C14H15FN2O. The van der Waals surface area contributed by atoms with Gasteiger partial charge in [-0.1, -0.05) is 18.2 Å². The molecule has 94 valence electrons. The summed E-state index contributed by atoms with van der Waals surface area (Å²) in [5.74, 6) is -0.283. The van der Waals surface area contributed by atoms with Crippen LogP contribution in [0, 0.1) is 12.7 Å². The highest BCUT2D eigenvalue weighted by molar-refractivity contribution is 5.44. The molecule has 1 heterocycles. The van der Waals surface area contributed by atoms with Crippen LogP contribution in [0.1, 0.15) is 5.56 Å². The first-order valence-corrected chi connectivity index (χ1v) is 5.83. The molecule has 0 spiro atoms. The van der Waals surface area contributed by atoms with Crippen LogP contribution >= 0.6 is 0 Å². The number of hydrogen-bond acceptors (Lipinski definition) is 2. The van der Waals surface area contributed by atoms with E-state index in [-0.39, 0.29) is 11.4 Å². The van der Waals surface area contributed by atoms with E-state index >= 15 is 0 Å². The Labute approximate surface area is 105 Å². The van der Waals surface area contributed by atoms with Crippen molar-refractivity contribution in [2.45, 2.75) is 13.5 Å². The van der Waals surface area contributed by atoms with Crippen molar-refractivity contribution < 1.29 is 4.39 Å². The van der Waals surface area contributed by atoms with E-state index in [1.54, 1.807) is 42.0 Å². The van der Waals surface area contributed by atoms with E-state index in [0.717, 1.165) is 0 Å². The molecule has 18 heavy (non-hydrogen) atoms. The Morgan fingerprint density at radius 3 is 2.78 bits per heavy atom. The maximum atomic E-state index is 13.3. The molecule has 0 aliphatic rings. The molecule has 3 nitrogen and oxygen atoms in total. The van der Waals surface area contributed by atoms with E-state index in [9.17, 15) is 9.18 Å². The third-order valence-corrected chi connectivity index (χ3v) is 2.75. The number of rotatable bonds is 4. The van der Waals surface area contributed by atoms with Gasteiger partial charge in [0.15, 0.2) is 0 Å². The Balaban J connectivity index is 1.99. The minimum absolute atomic E-state index is 0.00664. The summed E-state index contributed by atoms with van der Waals surface area (Å²) in [5.41, 5.74) is 1.16. The van der Waals surface area contributed by atoms with Crippen LogP contribution in [0.5, 0.6) is 0 Å². The van der Waals surface area contributed by atoms with Crippen molar-refractivity contribution in [1.29, 1.82) is 0 Å². The van der Waals surface area contributed by atoms with Crippen molar-refractivity contribution in [3.63, 3.8) is 0 Å². The number of nitrogens with one attached hydrogen (secondary N) is 1. The van der Waals surface area contributed by atoms with Gasteiger partial charge in [-0.15, -0.1) is 0 Å². The van der Waals surface area contributed by atoms with Crippen molar-refractivity contribution >= 4 is 5.69 Å². The largest absolute Gasteiger partial charge is 0.381 e. The lowest BCUT2D eigenvalue weighted by molar-refractivity contribution is 0.626. The van der Waals surface area contributed by atoms with E-state index < -0.39 is 0 Å². The number of aromatic nitrogens is 1. The van der Waals surface area contributed by atoms with Crippen LogP contribution in [0.25, 0.3) is 0 Å². The van der Waals surface area contributed by atoms with Crippen LogP contribution < -0.4 is 10.9 Å². The molecule has 0 saturated carbocycles. The van der Waals surface area contributed by atoms with Gasteiger partial charge in [-0.3, -0.25) is 4.79 Å². The predicted molar refractivity (Wildman–Crippen MR) is 70.3 cm³/mol. The highest BCUT2D eigenvalue weighted by atomic mass is 19.1. The van der Waals surface area contributed by atoms with E-state index in [0.29, 0.717) is 24.3 Å². The van der Waals surface area contributed by atoms with Crippen molar-refractivity contribution in [3.8, 4) is 0 Å². The number of aryl methyl sites for hydroxylation is 1. The summed E-state index contributed by atoms with van der Waals surface area (Å²) in [5, 5.41) is 2.97. The molecule has 0 radical (unpaired) electrons. The zero-order valence-electron chi connectivity index (χ0n) is 10.2. The molecule has 4 heteroatoms. The topological polar surface area (TPSA) is 34.0 Å². The first kappa shape index (κ1) is 12.4. The minimum Gasteiger partial charge on any atom is -0.381 e. The molecule has 1 aromatic carbocycles. The number of benzene rings is 1. The predicted octanol–water partition coefficient (Wildman–Crippen LogP) is 2.41. The average Bonchev–Trinajstić information content (AvgIpc) is 2.37. The second-order valence-corrected chi connectivity index (χ2v) is 4.10. The summed E-state index contributed by atoms with van der Waals surface area (Å²) in [6, 6.07) is 10.1. The number of hydrogen-bond donors (Lipinski definition) is 1. The monoisotopic (exact) mass is 246 g/mol. The average molecular weight is 246 g/mol. The zero-order chi connectivity index (χ0) is 13.0. The lowest BCUT2D eigenvalue weighted by atomic mass is 10.3. The van der Waals surface area contributed by atoms with Crippen LogP contribution in [0.4, 0.5) is 10.1 Å². The second-order valence-electron chi connectivity index (χ2n) is 4.10. The number of nitrogens with zero attached hydrogens (tertiary/aromatic N) is 1. The molecule has 2 rings (SSSR count). The van der Waals surface area contributed by atoms with Crippen LogP contribution in [-0.2, 0) is 6.54 Å². The van der Waals surface area contributed by atoms with Crippen LogP contribution in [0.3, 0.4) is 0 Å². The summed E-state index contributed by atoms with van der Waals surface area (Å²) < 4.78 is 14.9. The number of anilines is 1. The van der Waals surface area contributed by atoms with Gasteiger partial charge in [0, 0.05) is 24.8 Å². The van der Waals surface area contributed by atoms with Crippen molar-refractivity contribution in [2.24, 2.45) is 0 Å². The Morgan fingerprint density at radius 1 is 1.22 bits per heavy atom. The molecular weight excluding hydrogens is 231 g/mol. The Hall–Kier alpha value is -2.10. The Kier molecular flexibility index (Phi) is 3.77. The normalized spacial score (nSPS) is 10.3. The van der Waals surface area contributed by atoms with Gasteiger partial charge in [0.2, 0.25) is 0 Å².